The van der Waals surface area contributed by atoms with Gasteiger partial charge in [-0.05, 0) is 10.8 Å². The summed E-state index contributed by atoms with van der Waals surface area (Å²) in [5.74, 6) is -2.23. The fraction of sp³-hybridized carbons (Fsp3) is 0.765. The van der Waals surface area contributed by atoms with Gasteiger partial charge in [-0.2, -0.15) is 0 Å². The molecule has 132 valence electrons. The molecule has 0 atom stereocenters. The Kier molecular flexibility index (Phi) is 5.39. The molecular formula is C17H30N2O4. The minimum atomic E-state index is -1.24. The molecule has 6 nitrogen and oxygen atoms in total. The maximum Gasteiger partial charge on any atom is 0.352 e. The van der Waals surface area contributed by atoms with Crippen LogP contribution in [0.15, 0.2) is 11.4 Å². The number of nitrogens with one attached hydrogen (secondary N) is 2. The van der Waals surface area contributed by atoms with Crippen molar-refractivity contribution < 1.29 is 19.1 Å². The molecule has 0 amide bonds. The van der Waals surface area contributed by atoms with Gasteiger partial charge in [0, 0.05) is 26.9 Å². The fourth-order valence-corrected chi connectivity index (χ4v) is 1.80. The van der Waals surface area contributed by atoms with Crippen molar-refractivity contribution in [3.05, 3.63) is 11.4 Å². The first-order chi connectivity index (χ1) is 10.2. The smallest absolute Gasteiger partial charge is 0.352 e. The van der Waals surface area contributed by atoms with Crippen LogP contribution in [-0.4, -0.2) is 30.8 Å². The largest absolute Gasteiger partial charge is 0.419 e. The third kappa shape index (κ3) is 6.50. The highest BCUT2D eigenvalue weighted by Crippen LogP contribution is 2.24. The summed E-state index contributed by atoms with van der Waals surface area (Å²) in [6.07, 6.45) is 0. The number of hydrogen-bond donors (Lipinski definition) is 2. The van der Waals surface area contributed by atoms with Crippen molar-refractivity contribution in [2.24, 2.45) is 10.8 Å². The molecule has 1 aliphatic rings. The van der Waals surface area contributed by atoms with Gasteiger partial charge in [-0.1, -0.05) is 41.5 Å². The molecule has 1 aliphatic heterocycles. The molecule has 6 heteroatoms. The van der Waals surface area contributed by atoms with Crippen molar-refractivity contribution in [1.29, 1.82) is 0 Å². The summed E-state index contributed by atoms with van der Waals surface area (Å²) in [5, 5.41) is 6.31. The quantitative estimate of drug-likeness (QED) is 0.469. The zero-order valence-corrected chi connectivity index (χ0v) is 15.5. The monoisotopic (exact) mass is 326 g/mol. The summed E-state index contributed by atoms with van der Waals surface area (Å²) in [4.78, 5) is 24.5. The maximum atomic E-state index is 12.2. The number of hydrogen-bond acceptors (Lipinski definition) is 6. The van der Waals surface area contributed by atoms with Crippen LogP contribution in [-0.2, 0) is 19.1 Å². The van der Waals surface area contributed by atoms with Crippen molar-refractivity contribution in [3.63, 3.8) is 0 Å². The van der Waals surface area contributed by atoms with Crippen LogP contribution in [0, 0.1) is 10.8 Å². The summed E-state index contributed by atoms with van der Waals surface area (Å²) < 4.78 is 10.4. The average Bonchev–Trinajstić information content (AvgIpc) is 2.26. The molecule has 0 spiro atoms. The predicted octanol–water partition coefficient (Wildman–Crippen LogP) is 2.31. The van der Waals surface area contributed by atoms with E-state index in [1.165, 1.54) is 13.8 Å². The van der Waals surface area contributed by atoms with Gasteiger partial charge in [-0.15, -0.1) is 0 Å². The molecule has 23 heavy (non-hydrogen) atoms. The van der Waals surface area contributed by atoms with Gasteiger partial charge in [0.05, 0.1) is 0 Å². The van der Waals surface area contributed by atoms with Crippen LogP contribution in [0.2, 0.25) is 0 Å². The minimum Gasteiger partial charge on any atom is -0.419 e. The van der Waals surface area contributed by atoms with E-state index in [2.05, 4.69) is 52.2 Å². The Labute approximate surface area is 139 Å². The van der Waals surface area contributed by atoms with Crippen molar-refractivity contribution in [3.8, 4) is 0 Å². The van der Waals surface area contributed by atoms with Gasteiger partial charge in [0.1, 0.15) is 5.82 Å². The SMILES string of the molecule is CC(C)(C)CNC(NCC(C)(C)C)=C1C(=O)OC(C)(C)OC1=O. The van der Waals surface area contributed by atoms with E-state index in [0.29, 0.717) is 18.9 Å². The van der Waals surface area contributed by atoms with Gasteiger partial charge >= 0.3 is 11.9 Å². The van der Waals surface area contributed by atoms with E-state index in [1.54, 1.807) is 0 Å². The van der Waals surface area contributed by atoms with E-state index in [4.69, 9.17) is 9.47 Å². The van der Waals surface area contributed by atoms with Crippen LogP contribution in [0.3, 0.4) is 0 Å². The minimum absolute atomic E-state index is 0.0169. The van der Waals surface area contributed by atoms with E-state index in [1.807, 2.05) is 0 Å². The summed E-state index contributed by atoms with van der Waals surface area (Å²) in [6, 6.07) is 0. The summed E-state index contributed by atoms with van der Waals surface area (Å²) in [6.45, 7) is 16.6. The van der Waals surface area contributed by atoms with Crippen LogP contribution in [0.25, 0.3) is 0 Å². The first-order valence-electron chi connectivity index (χ1n) is 7.89. The highest BCUT2D eigenvalue weighted by Gasteiger charge is 2.41. The van der Waals surface area contributed by atoms with Gasteiger partial charge in [-0.25, -0.2) is 9.59 Å². The Morgan fingerprint density at radius 2 is 1.22 bits per heavy atom. The van der Waals surface area contributed by atoms with E-state index in [9.17, 15) is 9.59 Å². The van der Waals surface area contributed by atoms with Gasteiger partial charge in [0.15, 0.2) is 5.57 Å². The molecule has 0 aromatic carbocycles. The van der Waals surface area contributed by atoms with Crippen LogP contribution in [0.5, 0.6) is 0 Å². The number of esters is 2. The van der Waals surface area contributed by atoms with Crippen molar-refractivity contribution in [2.75, 3.05) is 13.1 Å². The third-order valence-corrected chi connectivity index (χ3v) is 2.93. The zero-order valence-electron chi connectivity index (χ0n) is 15.5. The topological polar surface area (TPSA) is 76.7 Å². The van der Waals surface area contributed by atoms with Crippen LogP contribution in [0.1, 0.15) is 55.4 Å². The highest BCUT2D eigenvalue weighted by atomic mass is 16.7. The zero-order chi connectivity index (χ0) is 18.1. The highest BCUT2D eigenvalue weighted by molar-refractivity contribution is 6.15. The lowest BCUT2D eigenvalue weighted by Gasteiger charge is -2.32. The molecule has 0 aromatic rings. The molecule has 0 bridgehead atoms. The third-order valence-electron chi connectivity index (χ3n) is 2.93. The lowest BCUT2D eigenvalue weighted by molar-refractivity contribution is -0.222. The molecule has 2 N–H and O–H groups in total. The van der Waals surface area contributed by atoms with Crippen LogP contribution >= 0.6 is 0 Å². The summed E-state index contributed by atoms with van der Waals surface area (Å²) >= 11 is 0. The second-order valence-electron chi connectivity index (χ2n) is 8.76. The molecular weight excluding hydrogens is 296 g/mol. The molecule has 1 saturated heterocycles. The number of rotatable bonds is 4. The van der Waals surface area contributed by atoms with Crippen molar-refractivity contribution in [2.45, 2.75) is 61.2 Å². The predicted molar refractivity (Wildman–Crippen MR) is 88.2 cm³/mol. The van der Waals surface area contributed by atoms with Gasteiger partial charge < -0.3 is 20.1 Å². The molecule has 0 unspecified atom stereocenters. The second kappa shape index (κ2) is 6.42. The van der Waals surface area contributed by atoms with Crippen molar-refractivity contribution >= 4 is 11.9 Å². The van der Waals surface area contributed by atoms with Crippen LogP contribution < -0.4 is 10.6 Å². The lowest BCUT2D eigenvalue weighted by atomic mass is 9.96. The number of carbonyl (C=O) groups excluding carboxylic acids is 2. The first kappa shape index (κ1) is 19.3. The number of cyclic esters (lactones) is 2. The second-order valence-corrected chi connectivity index (χ2v) is 8.76. The van der Waals surface area contributed by atoms with E-state index < -0.39 is 17.7 Å². The van der Waals surface area contributed by atoms with E-state index in [0.717, 1.165) is 0 Å². The average molecular weight is 326 g/mol. The number of carbonyl (C=O) groups is 2. The normalized spacial score (nSPS) is 18.2. The molecule has 0 aliphatic carbocycles. The number of ether oxygens (including phenoxy) is 2. The summed E-state index contributed by atoms with van der Waals surface area (Å²) in [5.41, 5.74) is -0.147. The first-order valence-corrected chi connectivity index (χ1v) is 7.89. The standard InChI is InChI=1S/C17H30N2O4/c1-15(2,3)9-18-12(19-10-16(4,5)6)11-13(20)22-17(7,8)23-14(11)21/h18-19H,9-10H2,1-8H3. The molecule has 1 heterocycles. The summed E-state index contributed by atoms with van der Waals surface area (Å²) in [7, 11) is 0. The Bertz CT molecular complexity index is 466. The Balaban J connectivity index is 3.09. The Hall–Kier alpha value is -1.72. The van der Waals surface area contributed by atoms with Gasteiger partial charge in [0.2, 0.25) is 0 Å². The molecule has 1 rings (SSSR count). The van der Waals surface area contributed by atoms with Gasteiger partial charge in [-0.3, -0.25) is 0 Å². The van der Waals surface area contributed by atoms with Crippen molar-refractivity contribution in [1.82, 2.24) is 10.6 Å². The maximum absolute atomic E-state index is 12.2. The fourth-order valence-electron chi connectivity index (χ4n) is 1.80. The van der Waals surface area contributed by atoms with E-state index >= 15 is 0 Å². The molecule has 0 aromatic heterocycles. The molecule has 0 saturated carbocycles. The lowest BCUT2D eigenvalue weighted by Crippen LogP contribution is -2.46. The Morgan fingerprint density at radius 3 is 1.52 bits per heavy atom. The molecule has 0 radical (unpaired) electrons. The van der Waals surface area contributed by atoms with Crippen LogP contribution in [0.4, 0.5) is 0 Å². The Morgan fingerprint density at radius 1 is 0.870 bits per heavy atom. The van der Waals surface area contributed by atoms with E-state index in [-0.39, 0.29) is 16.4 Å². The van der Waals surface area contributed by atoms with Gasteiger partial charge in [0.25, 0.3) is 5.79 Å². The molecule has 1 fully saturated rings.